The molecule has 182 valence electrons. The van der Waals surface area contributed by atoms with Crippen LogP contribution in [0, 0.1) is 0 Å². The van der Waals surface area contributed by atoms with E-state index < -0.39 is 27.8 Å². The average Bonchev–Trinajstić information content (AvgIpc) is 3.08. The van der Waals surface area contributed by atoms with E-state index in [9.17, 15) is 23.1 Å². The number of nitrogens with zero attached hydrogens (tertiary/aromatic N) is 2. The maximum absolute atomic E-state index is 13.0. The van der Waals surface area contributed by atoms with E-state index in [2.05, 4.69) is 0 Å². The van der Waals surface area contributed by atoms with Crippen LogP contribution in [0.4, 0.5) is 0 Å². The fourth-order valence-electron chi connectivity index (χ4n) is 3.77. The zero-order chi connectivity index (χ0) is 25.0. The van der Waals surface area contributed by atoms with Crippen LogP contribution in [0.1, 0.15) is 23.6 Å². The normalized spacial score (nSPS) is 18.0. The van der Waals surface area contributed by atoms with E-state index in [1.165, 1.54) is 50.4 Å². The third kappa shape index (κ3) is 4.84. The number of Topliss-reactive ketones (excluding diaryl/α,β-unsaturated/α-hetero) is 1. The maximum Gasteiger partial charge on any atom is 0.295 e. The number of hydrogen-bond donors (Lipinski definition) is 1. The molecule has 0 aromatic heterocycles. The molecule has 1 atom stereocenters. The summed E-state index contributed by atoms with van der Waals surface area (Å²) in [5, 5.41) is 11.1. The summed E-state index contributed by atoms with van der Waals surface area (Å²) in [6, 6.07) is 11.6. The van der Waals surface area contributed by atoms with E-state index >= 15 is 0 Å². The van der Waals surface area contributed by atoms with Crippen LogP contribution in [0.5, 0.6) is 5.75 Å². The first-order chi connectivity index (χ1) is 16.1. The number of likely N-dealkylation sites (tertiary alicyclic amines) is 1. The van der Waals surface area contributed by atoms with Crippen LogP contribution < -0.4 is 4.74 Å². The van der Waals surface area contributed by atoms with Crippen molar-refractivity contribution in [2.45, 2.75) is 17.4 Å². The van der Waals surface area contributed by atoms with Crippen LogP contribution >= 0.6 is 0 Å². The number of amides is 1. The predicted molar refractivity (Wildman–Crippen MR) is 126 cm³/mol. The summed E-state index contributed by atoms with van der Waals surface area (Å²) in [7, 11) is 2.27. The molecular weight excluding hydrogens is 460 g/mol. The molecule has 0 spiro atoms. The second-order valence-corrected chi connectivity index (χ2v) is 10.1. The molecule has 0 unspecified atom stereocenters. The predicted octanol–water partition coefficient (Wildman–Crippen LogP) is 2.40. The largest absolute Gasteiger partial charge is 0.507 e. The molecule has 9 nitrogen and oxygen atoms in total. The number of aliphatic hydroxyl groups excluding tert-OH is 1. The Morgan fingerprint density at radius 2 is 1.65 bits per heavy atom. The molecule has 1 amide bonds. The van der Waals surface area contributed by atoms with Crippen molar-refractivity contribution in [1.29, 1.82) is 0 Å². The lowest BCUT2D eigenvalue weighted by Crippen LogP contribution is -2.31. The van der Waals surface area contributed by atoms with Gasteiger partial charge in [0.25, 0.3) is 11.7 Å². The zero-order valence-electron chi connectivity index (χ0n) is 19.5. The second-order valence-electron chi connectivity index (χ2n) is 7.92. The Bertz CT molecular complexity index is 1190. The van der Waals surface area contributed by atoms with Crippen molar-refractivity contribution >= 4 is 27.5 Å². The molecule has 1 fully saturated rings. The summed E-state index contributed by atoms with van der Waals surface area (Å²) in [4.78, 5) is 27.4. The molecule has 0 aliphatic carbocycles. The highest BCUT2D eigenvalue weighted by Crippen LogP contribution is 2.40. The van der Waals surface area contributed by atoms with Crippen molar-refractivity contribution in [3.63, 3.8) is 0 Å². The van der Waals surface area contributed by atoms with Gasteiger partial charge in [0.1, 0.15) is 11.5 Å². The first-order valence-electron chi connectivity index (χ1n) is 10.6. The lowest BCUT2D eigenvalue weighted by molar-refractivity contribution is -0.140. The summed E-state index contributed by atoms with van der Waals surface area (Å²) in [5.74, 6) is -1.29. The van der Waals surface area contributed by atoms with Crippen LogP contribution in [0.15, 0.2) is 59.0 Å². The number of sulfonamides is 1. The van der Waals surface area contributed by atoms with Gasteiger partial charge in [0.05, 0.1) is 23.6 Å². The quantitative estimate of drug-likeness (QED) is 0.250. The third-order valence-electron chi connectivity index (χ3n) is 5.63. The Morgan fingerprint density at radius 1 is 1.03 bits per heavy atom. The van der Waals surface area contributed by atoms with Crippen LogP contribution in [-0.4, -0.2) is 75.9 Å². The van der Waals surface area contributed by atoms with Crippen molar-refractivity contribution in [2.75, 3.05) is 41.5 Å². The van der Waals surface area contributed by atoms with Crippen molar-refractivity contribution in [3.8, 4) is 5.75 Å². The van der Waals surface area contributed by atoms with E-state index in [0.717, 1.165) is 4.31 Å². The SMILES string of the molecule is COCCCN1C(=O)C(=O)/C(=C(/O)c2ccc(S(=O)(=O)N(C)C)cc2)[C@@H]1c1ccc(OC)cc1. The van der Waals surface area contributed by atoms with Crippen LogP contribution in [0.25, 0.3) is 5.76 Å². The van der Waals surface area contributed by atoms with Gasteiger partial charge in [-0.15, -0.1) is 0 Å². The highest BCUT2D eigenvalue weighted by atomic mass is 32.2. The van der Waals surface area contributed by atoms with Gasteiger partial charge in [-0.3, -0.25) is 9.59 Å². The summed E-state index contributed by atoms with van der Waals surface area (Å²) in [5.41, 5.74) is 0.799. The number of carbonyl (C=O) groups is 2. The first-order valence-corrected chi connectivity index (χ1v) is 12.0. The molecule has 10 heteroatoms. The molecular formula is C24H28N2O7S. The Morgan fingerprint density at radius 3 is 2.18 bits per heavy atom. The second kappa shape index (κ2) is 10.4. The number of aliphatic hydroxyl groups is 1. The number of hydrogen-bond acceptors (Lipinski definition) is 7. The molecule has 1 aliphatic rings. The maximum atomic E-state index is 13.0. The van der Waals surface area contributed by atoms with E-state index in [4.69, 9.17) is 9.47 Å². The third-order valence-corrected chi connectivity index (χ3v) is 7.45. The number of ketones is 1. The Balaban J connectivity index is 2.09. The smallest absolute Gasteiger partial charge is 0.295 e. The molecule has 0 radical (unpaired) electrons. The average molecular weight is 489 g/mol. The van der Waals surface area contributed by atoms with Crippen LogP contribution in [0.2, 0.25) is 0 Å². The van der Waals surface area contributed by atoms with Crippen LogP contribution in [0.3, 0.4) is 0 Å². The number of carbonyl (C=O) groups excluding carboxylic acids is 2. The van der Waals surface area contributed by atoms with Crippen molar-refractivity contribution in [1.82, 2.24) is 9.21 Å². The topological polar surface area (TPSA) is 113 Å². The van der Waals surface area contributed by atoms with Gasteiger partial charge >= 0.3 is 0 Å². The van der Waals surface area contributed by atoms with Crippen molar-refractivity contribution < 1.29 is 32.6 Å². The zero-order valence-corrected chi connectivity index (χ0v) is 20.3. The standard InChI is InChI=1S/C24H28N2O7S/c1-25(2)34(30,31)19-12-8-17(9-13-19)22(27)20-21(16-6-10-18(33-4)11-7-16)26(14-5-15-32-3)24(29)23(20)28/h6-13,21,27H,5,14-15H2,1-4H3/b22-20+/t21-/m0/s1. The fraction of sp³-hybridized carbons (Fsp3) is 0.333. The molecule has 0 bridgehead atoms. The van der Waals surface area contributed by atoms with Gasteiger partial charge in [0.2, 0.25) is 10.0 Å². The number of ether oxygens (including phenoxy) is 2. The van der Waals surface area contributed by atoms with E-state index in [1.54, 1.807) is 31.4 Å². The summed E-state index contributed by atoms with van der Waals surface area (Å²) >= 11 is 0. The molecule has 1 N–H and O–H groups in total. The highest BCUT2D eigenvalue weighted by Gasteiger charge is 2.45. The Hall–Kier alpha value is -3.21. The van der Waals surface area contributed by atoms with Crippen molar-refractivity contribution in [3.05, 3.63) is 65.2 Å². The highest BCUT2D eigenvalue weighted by molar-refractivity contribution is 7.89. The van der Waals surface area contributed by atoms with Crippen molar-refractivity contribution in [2.24, 2.45) is 0 Å². The monoisotopic (exact) mass is 488 g/mol. The summed E-state index contributed by atoms with van der Waals surface area (Å²) in [6.07, 6.45) is 0.507. The molecule has 1 saturated heterocycles. The van der Waals surface area contributed by atoms with Gasteiger partial charge in [-0.2, -0.15) is 0 Å². The lowest BCUT2D eigenvalue weighted by Gasteiger charge is -2.25. The number of methoxy groups -OCH3 is 2. The van der Waals surface area contributed by atoms with E-state index in [1.807, 2.05) is 0 Å². The van der Waals surface area contributed by atoms with Gasteiger partial charge in [-0.05, 0) is 48.4 Å². The molecule has 0 saturated carbocycles. The van der Waals surface area contributed by atoms with E-state index in [-0.39, 0.29) is 28.3 Å². The lowest BCUT2D eigenvalue weighted by atomic mass is 9.95. The summed E-state index contributed by atoms with van der Waals surface area (Å²) < 4.78 is 36.1. The minimum atomic E-state index is -3.66. The molecule has 2 aromatic carbocycles. The minimum absolute atomic E-state index is 0.0424. The Kier molecular flexibility index (Phi) is 7.75. The fourth-order valence-corrected chi connectivity index (χ4v) is 4.68. The van der Waals surface area contributed by atoms with Gasteiger partial charge in [0.15, 0.2) is 0 Å². The minimum Gasteiger partial charge on any atom is -0.507 e. The van der Waals surface area contributed by atoms with Gasteiger partial charge < -0.3 is 19.5 Å². The first kappa shape index (κ1) is 25.4. The Labute approximate surface area is 199 Å². The molecule has 34 heavy (non-hydrogen) atoms. The number of rotatable bonds is 9. The number of benzene rings is 2. The van der Waals surface area contributed by atoms with E-state index in [0.29, 0.717) is 24.3 Å². The summed E-state index contributed by atoms with van der Waals surface area (Å²) in [6.45, 7) is 0.659. The molecule has 1 heterocycles. The van der Waals surface area contributed by atoms with Gasteiger partial charge in [-0.25, -0.2) is 12.7 Å². The van der Waals surface area contributed by atoms with Crippen LogP contribution in [-0.2, 0) is 24.3 Å². The molecule has 1 aliphatic heterocycles. The molecule has 2 aromatic rings. The molecule has 3 rings (SSSR count). The van der Waals surface area contributed by atoms with Gasteiger partial charge in [0, 0.05) is 39.9 Å². The van der Waals surface area contributed by atoms with Gasteiger partial charge in [-0.1, -0.05) is 12.1 Å².